The largest absolute Gasteiger partial charge is 0.494 e. The molecule has 0 atom stereocenters. The lowest BCUT2D eigenvalue weighted by Crippen LogP contribution is -2.39. The standard InChI is InChI=1S/C20H23N3O6S/c1-3-27-17-9-7-16(8-10-17)23(30(2,25)26)14-19(24)22-21-13-15-5-4-6-18-20(15)29-12-11-28-18/h4-10,13H,3,11-12,14H2,1-2H3,(H,22,24). The van der Waals surface area contributed by atoms with E-state index in [1.807, 2.05) is 6.92 Å². The molecule has 2 aromatic rings. The van der Waals surface area contributed by atoms with E-state index in [1.165, 1.54) is 6.21 Å². The summed E-state index contributed by atoms with van der Waals surface area (Å²) in [5.41, 5.74) is 3.33. The van der Waals surface area contributed by atoms with Crippen LogP contribution in [0.25, 0.3) is 0 Å². The van der Waals surface area contributed by atoms with Crippen LogP contribution in [0.2, 0.25) is 0 Å². The Balaban J connectivity index is 1.67. The average molecular weight is 433 g/mol. The fourth-order valence-corrected chi connectivity index (χ4v) is 3.67. The summed E-state index contributed by atoms with van der Waals surface area (Å²) in [6.07, 6.45) is 2.46. The Hall–Kier alpha value is -3.27. The number of para-hydroxylation sites is 1. The van der Waals surface area contributed by atoms with Gasteiger partial charge in [0.25, 0.3) is 5.91 Å². The second kappa shape index (κ2) is 9.49. The Labute approximate surface area is 175 Å². The fourth-order valence-electron chi connectivity index (χ4n) is 2.81. The maximum absolute atomic E-state index is 12.3. The van der Waals surface area contributed by atoms with Crippen molar-refractivity contribution in [1.29, 1.82) is 0 Å². The van der Waals surface area contributed by atoms with E-state index in [4.69, 9.17) is 14.2 Å². The van der Waals surface area contributed by atoms with Crippen molar-refractivity contribution in [2.75, 3.05) is 36.9 Å². The quantitative estimate of drug-likeness (QED) is 0.502. The van der Waals surface area contributed by atoms with Gasteiger partial charge in [0.2, 0.25) is 10.0 Å². The minimum absolute atomic E-state index is 0.350. The molecule has 160 valence electrons. The van der Waals surface area contributed by atoms with Crippen LogP contribution < -0.4 is 23.9 Å². The number of benzene rings is 2. The van der Waals surface area contributed by atoms with Gasteiger partial charge in [0.05, 0.1) is 24.8 Å². The van der Waals surface area contributed by atoms with Gasteiger partial charge in [0.1, 0.15) is 25.5 Å². The number of hydrazone groups is 1. The van der Waals surface area contributed by atoms with E-state index in [0.717, 1.165) is 10.6 Å². The van der Waals surface area contributed by atoms with Gasteiger partial charge in [-0.15, -0.1) is 0 Å². The van der Waals surface area contributed by atoms with Crippen molar-refractivity contribution in [3.63, 3.8) is 0 Å². The second-order valence-electron chi connectivity index (χ2n) is 6.36. The molecule has 0 saturated heterocycles. The van der Waals surface area contributed by atoms with Gasteiger partial charge in [0, 0.05) is 5.56 Å². The van der Waals surface area contributed by atoms with Gasteiger partial charge in [-0.25, -0.2) is 13.8 Å². The van der Waals surface area contributed by atoms with E-state index in [1.54, 1.807) is 42.5 Å². The zero-order valence-corrected chi connectivity index (χ0v) is 17.5. The molecular weight excluding hydrogens is 410 g/mol. The van der Waals surface area contributed by atoms with E-state index in [-0.39, 0.29) is 0 Å². The van der Waals surface area contributed by atoms with Crippen molar-refractivity contribution in [3.8, 4) is 17.2 Å². The predicted octanol–water partition coefficient (Wildman–Crippen LogP) is 1.77. The van der Waals surface area contributed by atoms with Crippen LogP contribution in [0.5, 0.6) is 17.2 Å². The van der Waals surface area contributed by atoms with Crippen molar-refractivity contribution >= 4 is 27.8 Å². The molecule has 0 bridgehead atoms. The van der Waals surface area contributed by atoms with Crippen LogP contribution in [-0.2, 0) is 14.8 Å². The van der Waals surface area contributed by atoms with E-state index >= 15 is 0 Å². The maximum atomic E-state index is 12.3. The first-order valence-electron chi connectivity index (χ1n) is 9.29. The molecule has 30 heavy (non-hydrogen) atoms. The molecule has 0 aliphatic carbocycles. The van der Waals surface area contributed by atoms with Gasteiger partial charge in [-0.2, -0.15) is 5.10 Å². The minimum atomic E-state index is -3.68. The predicted molar refractivity (Wildman–Crippen MR) is 113 cm³/mol. The number of carbonyl (C=O) groups is 1. The number of carbonyl (C=O) groups excluding carboxylic acids is 1. The zero-order chi connectivity index (χ0) is 21.6. The van der Waals surface area contributed by atoms with Gasteiger partial charge in [-0.3, -0.25) is 9.10 Å². The van der Waals surface area contributed by atoms with Crippen LogP contribution >= 0.6 is 0 Å². The number of hydrogen-bond acceptors (Lipinski definition) is 7. The number of amides is 1. The highest BCUT2D eigenvalue weighted by atomic mass is 32.2. The molecule has 1 aliphatic rings. The van der Waals surface area contributed by atoms with Crippen LogP contribution in [0.3, 0.4) is 0 Å². The van der Waals surface area contributed by atoms with E-state index in [9.17, 15) is 13.2 Å². The molecule has 0 aromatic heterocycles. The molecule has 0 unspecified atom stereocenters. The Bertz CT molecular complexity index is 1020. The third-order valence-corrected chi connectivity index (χ3v) is 5.25. The molecule has 1 aliphatic heterocycles. The van der Waals surface area contributed by atoms with Gasteiger partial charge in [-0.1, -0.05) is 6.07 Å². The summed E-state index contributed by atoms with van der Waals surface area (Å²) in [5.74, 6) is 1.18. The molecule has 1 amide bonds. The van der Waals surface area contributed by atoms with Crippen molar-refractivity contribution < 1.29 is 27.4 Å². The third-order valence-electron chi connectivity index (χ3n) is 4.11. The van der Waals surface area contributed by atoms with Gasteiger partial charge < -0.3 is 14.2 Å². The smallest absolute Gasteiger partial charge is 0.260 e. The lowest BCUT2D eigenvalue weighted by Gasteiger charge is -2.21. The monoisotopic (exact) mass is 433 g/mol. The first-order chi connectivity index (χ1) is 14.4. The summed E-state index contributed by atoms with van der Waals surface area (Å²) in [7, 11) is -3.68. The van der Waals surface area contributed by atoms with Crippen LogP contribution in [0.15, 0.2) is 47.6 Å². The number of nitrogens with zero attached hydrogens (tertiary/aromatic N) is 2. The Morgan fingerprint density at radius 3 is 2.63 bits per heavy atom. The van der Waals surface area contributed by atoms with Gasteiger partial charge >= 0.3 is 0 Å². The molecule has 2 aromatic carbocycles. The van der Waals surface area contributed by atoms with Crippen LogP contribution in [0.4, 0.5) is 5.69 Å². The van der Waals surface area contributed by atoms with E-state index in [2.05, 4.69) is 10.5 Å². The molecule has 1 heterocycles. The molecule has 0 fully saturated rings. The number of anilines is 1. The molecule has 0 saturated carbocycles. The number of ether oxygens (including phenoxy) is 3. The molecule has 3 rings (SSSR count). The summed E-state index contributed by atoms with van der Waals surface area (Å²) in [6.45, 7) is 2.83. The fraction of sp³-hybridized carbons (Fsp3) is 0.300. The lowest BCUT2D eigenvalue weighted by atomic mass is 10.2. The van der Waals surface area contributed by atoms with Crippen molar-refractivity contribution in [3.05, 3.63) is 48.0 Å². The molecular formula is C20H23N3O6S. The Morgan fingerprint density at radius 1 is 1.20 bits per heavy atom. The first kappa shape index (κ1) is 21.4. The van der Waals surface area contributed by atoms with Crippen LogP contribution in [0, 0.1) is 0 Å². The number of nitrogens with one attached hydrogen (secondary N) is 1. The molecule has 0 radical (unpaired) electrons. The number of fused-ring (bicyclic) bond motifs is 1. The summed E-state index contributed by atoms with van der Waals surface area (Å²) >= 11 is 0. The van der Waals surface area contributed by atoms with E-state index in [0.29, 0.717) is 48.3 Å². The highest BCUT2D eigenvalue weighted by molar-refractivity contribution is 7.92. The number of hydrogen-bond donors (Lipinski definition) is 1. The maximum Gasteiger partial charge on any atom is 0.260 e. The Morgan fingerprint density at radius 2 is 1.93 bits per heavy atom. The normalized spacial score (nSPS) is 13.1. The Kier molecular flexibility index (Phi) is 6.78. The number of rotatable bonds is 8. The highest BCUT2D eigenvalue weighted by Crippen LogP contribution is 2.32. The first-order valence-corrected chi connectivity index (χ1v) is 11.1. The van der Waals surface area contributed by atoms with Crippen molar-refractivity contribution in [2.24, 2.45) is 5.10 Å². The summed E-state index contributed by atoms with van der Waals surface area (Å²) in [5, 5.41) is 3.92. The second-order valence-corrected chi connectivity index (χ2v) is 8.27. The van der Waals surface area contributed by atoms with Gasteiger partial charge in [-0.05, 0) is 43.3 Å². The van der Waals surface area contributed by atoms with Crippen LogP contribution in [0.1, 0.15) is 12.5 Å². The van der Waals surface area contributed by atoms with E-state index < -0.39 is 22.5 Å². The average Bonchev–Trinajstić information content (AvgIpc) is 2.72. The minimum Gasteiger partial charge on any atom is -0.494 e. The highest BCUT2D eigenvalue weighted by Gasteiger charge is 2.21. The summed E-state index contributed by atoms with van der Waals surface area (Å²) in [6, 6.07) is 11.8. The third kappa shape index (κ3) is 5.41. The summed E-state index contributed by atoms with van der Waals surface area (Å²) in [4.78, 5) is 12.3. The lowest BCUT2D eigenvalue weighted by molar-refractivity contribution is -0.119. The molecule has 1 N–H and O–H groups in total. The van der Waals surface area contributed by atoms with Crippen molar-refractivity contribution in [2.45, 2.75) is 6.92 Å². The number of sulfonamides is 1. The molecule has 0 spiro atoms. The molecule has 9 nitrogen and oxygen atoms in total. The van der Waals surface area contributed by atoms with Crippen LogP contribution in [-0.4, -0.2) is 53.2 Å². The molecule has 10 heteroatoms. The summed E-state index contributed by atoms with van der Waals surface area (Å²) < 4.78 is 41.8. The SMILES string of the molecule is CCOc1ccc(N(CC(=O)NN=Cc2cccc3c2OCCO3)S(C)(=O)=O)cc1. The zero-order valence-electron chi connectivity index (χ0n) is 16.7. The van der Waals surface area contributed by atoms with Gasteiger partial charge in [0.15, 0.2) is 11.5 Å². The topological polar surface area (TPSA) is 107 Å². The van der Waals surface area contributed by atoms with Crippen molar-refractivity contribution in [1.82, 2.24) is 5.43 Å².